The number of methoxy groups -OCH3 is 1. The van der Waals surface area contributed by atoms with Crippen molar-refractivity contribution >= 4 is 29.3 Å². The minimum absolute atomic E-state index is 0.0682. The molecule has 0 aromatic carbocycles. The number of carbonyl (C=O) groups is 2. The van der Waals surface area contributed by atoms with E-state index in [1.165, 1.54) is 19.5 Å². The number of amides is 2. The fourth-order valence-corrected chi connectivity index (χ4v) is 4.34. The molecule has 2 fully saturated rings. The fourth-order valence-electron chi connectivity index (χ4n) is 4.34. The van der Waals surface area contributed by atoms with Gasteiger partial charge >= 0.3 is 12.0 Å². The molecule has 5 heterocycles. The van der Waals surface area contributed by atoms with E-state index in [1.807, 2.05) is 13.8 Å². The summed E-state index contributed by atoms with van der Waals surface area (Å²) in [6, 6.07) is 2.93. The third-order valence-corrected chi connectivity index (χ3v) is 5.91. The average Bonchev–Trinajstić information content (AvgIpc) is 3.41. The van der Waals surface area contributed by atoms with Crippen LogP contribution in [-0.2, 0) is 14.2 Å². The maximum atomic E-state index is 13.2. The van der Waals surface area contributed by atoms with Crippen molar-refractivity contribution < 1.29 is 28.5 Å². The highest BCUT2D eigenvalue weighted by Gasteiger charge is 2.40. The molecule has 1 unspecified atom stereocenters. The van der Waals surface area contributed by atoms with Crippen LogP contribution in [0, 0.1) is 0 Å². The smallest absolute Gasteiger partial charge is 0.356 e. The van der Waals surface area contributed by atoms with Gasteiger partial charge in [0.1, 0.15) is 12.7 Å². The van der Waals surface area contributed by atoms with Crippen molar-refractivity contribution in [3.63, 3.8) is 0 Å². The Kier molecular flexibility index (Phi) is 5.70. The summed E-state index contributed by atoms with van der Waals surface area (Å²) in [5.41, 5.74) is 0.940. The van der Waals surface area contributed by atoms with E-state index in [2.05, 4.69) is 25.2 Å². The SMILES string of the molecule is COC(=O)c1ccc2c(n1)N(C(=O)Nc1cnc(OC[C@@H]3COC(C)(C)O3)cn1)C1CCN2C1. The van der Waals surface area contributed by atoms with Crippen LogP contribution >= 0.6 is 0 Å². The first kappa shape index (κ1) is 22.3. The second-order valence-electron chi connectivity index (χ2n) is 8.72. The van der Waals surface area contributed by atoms with Crippen LogP contribution in [0.1, 0.15) is 30.8 Å². The minimum atomic E-state index is -0.621. The number of ether oxygens (including phenoxy) is 4. The fraction of sp³-hybridized carbons (Fsp3) is 0.500. The van der Waals surface area contributed by atoms with Gasteiger partial charge in [0.05, 0.1) is 37.8 Å². The Morgan fingerprint density at radius 2 is 2.12 bits per heavy atom. The minimum Gasteiger partial charge on any atom is -0.474 e. The van der Waals surface area contributed by atoms with Gasteiger partial charge in [0.25, 0.3) is 0 Å². The number of rotatable bonds is 5. The van der Waals surface area contributed by atoms with Crippen LogP contribution in [0.2, 0.25) is 0 Å². The molecule has 0 saturated carbocycles. The topological polar surface area (TPSA) is 128 Å². The molecular formula is C22H26N6O6. The standard InChI is InChI=1S/C22H26N6O6/c1-22(2)33-12-14(34-22)11-32-18-9-23-17(8-24-18)26-21(30)28-13-6-7-27(10-13)16-5-4-15(20(29)31-3)25-19(16)28/h4-5,8-9,13-14H,6-7,10-12H2,1-3H3,(H,23,26,30)/t13?,14-/m1/s1. The molecule has 2 amide bonds. The van der Waals surface area contributed by atoms with Gasteiger partial charge in [0, 0.05) is 13.1 Å². The number of aromatic nitrogens is 3. The van der Waals surface area contributed by atoms with Gasteiger partial charge in [-0.15, -0.1) is 0 Å². The summed E-state index contributed by atoms with van der Waals surface area (Å²) in [7, 11) is 1.29. The Labute approximate surface area is 196 Å². The molecule has 2 aromatic rings. The average molecular weight is 470 g/mol. The number of urea groups is 1. The van der Waals surface area contributed by atoms with E-state index in [0.717, 1.165) is 18.7 Å². The largest absolute Gasteiger partial charge is 0.474 e. The monoisotopic (exact) mass is 470 g/mol. The second kappa shape index (κ2) is 8.69. The van der Waals surface area contributed by atoms with E-state index in [-0.39, 0.29) is 30.3 Å². The normalized spacial score (nSPS) is 22.3. The van der Waals surface area contributed by atoms with Gasteiger partial charge in [-0.1, -0.05) is 0 Å². The Bertz CT molecular complexity index is 1090. The lowest BCUT2D eigenvalue weighted by Crippen LogP contribution is -2.48. The van der Waals surface area contributed by atoms with E-state index in [0.29, 0.717) is 24.8 Å². The highest BCUT2D eigenvalue weighted by Crippen LogP contribution is 2.39. The molecule has 5 rings (SSSR count). The van der Waals surface area contributed by atoms with Crippen molar-refractivity contribution in [2.75, 3.05) is 48.5 Å². The van der Waals surface area contributed by atoms with E-state index in [1.54, 1.807) is 17.0 Å². The van der Waals surface area contributed by atoms with Crippen LogP contribution in [0.25, 0.3) is 0 Å². The quantitative estimate of drug-likeness (QED) is 0.646. The molecule has 2 bridgehead atoms. The molecule has 1 N–H and O–H groups in total. The lowest BCUT2D eigenvalue weighted by molar-refractivity contribution is -0.141. The predicted octanol–water partition coefficient (Wildman–Crippen LogP) is 1.82. The molecule has 34 heavy (non-hydrogen) atoms. The van der Waals surface area contributed by atoms with E-state index in [9.17, 15) is 9.59 Å². The highest BCUT2D eigenvalue weighted by atomic mass is 16.7. The molecular weight excluding hydrogens is 444 g/mol. The molecule has 2 atom stereocenters. The third-order valence-electron chi connectivity index (χ3n) is 5.91. The summed E-state index contributed by atoms with van der Waals surface area (Å²) in [5.74, 6) is -0.182. The van der Waals surface area contributed by atoms with Crippen LogP contribution in [0.5, 0.6) is 5.88 Å². The summed E-state index contributed by atoms with van der Waals surface area (Å²) < 4.78 is 21.6. The van der Waals surface area contributed by atoms with Crippen molar-refractivity contribution in [2.24, 2.45) is 0 Å². The Balaban J connectivity index is 1.27. The Morgan fingerprint density at radius 1 is 1.26 bits per heavy atom. The van der Waals surface area contributed by atoms with Crippen molar-refractivity contribution in [1.82, 2.24) is 15.0 Å². The van der Waals surface area contributed by atoms with Gasteiger partial charge in [0.15, 0.2) is 23.1 Å². The van der Waals surface area contributed by atoms with E-state index < -0.39 is 17.8 Å². The molecule has 12 heteroatoms. The number of hydrogen-bond acceptors (Lipinski definition) is 10. The molecule has 0 aliphatic carbocycles. The first-order chi connectivity index (χ1) is 16.3. The molecule has 12 nitrogen and oxygen atoms in total. The molecule has 3 aliphatic heterocycles. The van der Waals surface area contributed by atoms with Gasteiger partial charge < -0.3 is 23.8 Å². The number of fused-ring (bicyclic) bond motifs is 4. The Morgan fingerprint density at radius 3 is 2.82 bits per heavy atom. The number of nitrogens with one attached hydrogen (secondary N) is 1. The van der Waals surface area contributed by atoms with Crippen molar-refractivity contribution in [2.45, 2.75) is 38.2 Å². The number of nitrogens with zero attached hydrogens (tertiary/aromatic N) is 5. The number of anilines is 3. The molecule has 0 radical (unpaired) electrons. The molecule has 0 spiro atoms. The highest BCUT2D eigenvalue weighted by molar-refractivity contribution is 6.04. The van der Waals surface area contributed by atoms with E-state index >= 15 is 0 Å². The maximum absolute atomic E-state index is 13.2. The van der Waals surface area contributed by atoms with Crippen LogP contribution in [0.3, 0.4) is 0 Å². The zero-order chi connectivity index (χ0) is 23.9. The number of carbonyl (C=O) groups excluding carboxylic acids is 2. The first-order valence-corrected chi connectivity index (χ1v) is 11.0. The van der Waals surface area contributed by atoms with Gasteiger partial charge in [-0.05, 0) is 32.4 Å². The molecule has 180 valence electrons. The van der Waals surface area contributed by atoms with Crippen molar-refractivity contribution in [3.05, 3.63) is 30.2 Å². The van der Waals surface area contributed by atoms with Crippen LogP contribution in [-0.4, -0.2) is 78.3 Å². The maximum Gasteiger partial charge on any atom is 0.356 e. The van der Waals surface area contributed by atoms with Gasteiger partial charge in [-0.25, -0.2) is 24.5 Å². The molecule has 3 aliphatic rings. The summed E-state index contributed by atoms with van der Waals surface area (Å²) in [5, 5.41) is 2.77. The number of esters is 1. The van der Waals surface area contributed by atoms with E-state index in [4.69, 9.17) is 18.9 Å². The lowest BCUT2D eigenvalue weighted by atomic mass is 10.2. The van der Waals surface area contributed by atoms with Crippen LogP contribution < -0.4 is 19.9 Å². The van der Waals surface area contributed by atoms with Crippen LogP contribution in [0.15, 0.2) is 24.5 Å². The number of hydrogen-bond donors (Lipinski definition) is 1. The first-order valence-electron chi connectivity index (χ1n) is 11.0. The third kappa shape index (κ3) is 4.33. The van der Waals surface area contributed by atoms with Gasteiger partial charge in [0.2, 0.25) is 5.88 Å². The van der Waals surface area contributed by atoms with Gasteiger partial charge in [-0.3, -0.25) is 10.2 Å². The zero-order valence-electron chi connectivity index (χ0n) is 19.2. The summed E-state index contributed by atoms with van der Waals surface area (Å²) in [4.78, 5) is 41.8. The predicted molar refractivity (Wildman–Crippen MR) is 120 cm³/mol. The zero-order valence-corrected chi connectivity index (χ0v) is 19.2. The number of pyridine rings is 1. The molecule has 2 aromatic heterocycles. The van der Waals surface area contributed by atoms with Crippen LogP contribution in [0.4, 0.5) is 22.1 Å². The summed E-state index contributed by atoms with van der Waals surface area (Å²) in [6.07, 6.45) is 3.46. The lowest BCUT2D eigenvalue weighted by Gasteiger charge is -2.35. The Hall–Kier alpha value is -3.51. The van der Waals surface area contributed by atoms with Crippen molar-refractivity contribution in [3.8, 4) is 5.88 Å². The van der Waals surface area contributed by atoms with Gasteiger partial charge in [-0.2, -0.15) is 0 Å². The molecule has 2 saturated heterocycles. The van der Waals surface area contributed by atoms with Crippen molar-refractivity contribution in [1.29, 1.82) is 0 Å². The second-order valence-corrected chi connectivity index (χ2v) is 8.72. The summed E-state index contributed by atoms with van der Waals surface area (Å²) in [6.45, 7) is 5.91. The summed E-state index contributed by atoms with van der Waals surface area (Å²) >= 11 is 0.